The first-order chi connectivity index (χ1) is 12.4. The van der Waals surface area contributed by atoms with Crippen LogP contribution in [-0.4, -0.2) is 18.1 Å². The summed E-state index contributed by atoms with van der Waals surface area (Å²) in [5, 5.41) is 0.965. The van der Waals surface area contributed by atoms with Crippen LogP contribution in [0.5, 0.6) is 5.75 Å². The lowest BCUT2D eigenvalue weighted by atomic mass is 9.91. The molecule has 1 unspecified atom stereocenters. The number of ether oxygens (including phenoxy) is 2. The van der Waals surface area contributed by atoms with Gasteiger partial charge in [0.25, 0.3) is 0 Å². The van der Waals surface area contributed by atoms with Crippen LogP contribution in [0.25, 0.3) is 10.9 Å². The molecule has 1 heterocycles. The molecule has 26 heavy (non-hydrogen) atoms. The van der Waals surface area contributed by atoms with E-state index in [1.54, 1.807) is 0 Å². The Labute approximate surface area is 153 Å². The highest BCUT2D eigenvalue weighted by Crippen LogP contribution is 2.28. The van der Waals surface area contributed by atoms with E-state index in [-0.39, 0.29) is 5.41 Å². The number of carbonyl (C=O) groups is 1. The minimum absolute atomic E-state index is 0.00729. The molecule has 0 aliphatic carbocycles. The SMILES string of the molecule is COC(=O)C(Oc1ccc2nc(C(C)(C)C)ccc2c1)c1ccccc1. The van der Waals surface area contributed by atoms with Crippen molar-refractivity contribution in [3.8, 4) is 5.75 Å². The van der Waals surface area contributed by atoms with E-state index < -0.39 is 12.1 Å². The lowest BCUT2D eigenvalue weighted by Gasteiger charge is -2.19. The van der Waals surface area contributed by atoms with E-state index in [1.165, 1.54) is 7.11 Å². The van der Waals surface area contributed by atoms with Crippen molar-refractivity contribution in [2.75, 3.05) is 7.11 Å². The van der Waals surface area contributed by atoms with Gasteiger partial charge in [0.05, 0.1) is 12.6 Å². The molecule has 1 aromatic heterocycles. The molecule has 0 aliphatic rings. The van der Waals surface area contributed by atoms with Gasteiger partial charge in [-0.25, -0.2) is 4.79 Å². The van der Waals surface area contributed by atoms with Gasteiger partial charge in [-0.3, -0.25) is 4.98 Å². The molecule has 3 rings (SSSR count). The highest BCUT2D eigenvalue weighted by molar-refractivity contribution is 5.81. The minimum Gasteiger partial charge on any atom is -0.474 e. The third-order valence-electron chi connectivity index (χ3n) is 4.20. The van der Waals surface area contributed by atoms with Crippen LogP contribution in [0.2, 0.25) is 0 Å². The Hall–Kier alpha value is -2.88. The standard InChI is InChI=1S/C22H23NO3/c1-22(2,3)19-13-10-16-14-17(11-12-18(16)23-19)26-20(21(24)25-4)15-8-6-5-7-9-15/h5-14,20H,1-4H3. The molecule has 134 valence electrons. The highest BCUT2D eigenvalue weighted by Gasteiger charge is 2.23. The Morgan fingerprint density at radius 3 is 2.38 bits per heavy atom. The Bertz CT molecular complexity index is 914. The zero-order valence-corrected chi connectivity index (χ0v) is 15.5. The molecule has 0 aliphatic heterocycles. The van der Waals surface area contributed by atoms with Gasteiger partial charge in [0.2, 0.25) is 6.10 Å². The fourth-order valence-corrected chi connectivity index (χ4v) is 2.72. The van der Waals surface area contributed by atoms with Crippen molar-refractivity contribution < 1.29 is 14.3 Å². The first kappa shape index (κ1) is 17.9. The summed E-state index contributed by atoms with van der Waals surface area (Å²) >= 11 is 0. The number of rotatable bonds is 4. The molecular weight excluding hydrogens is 326 g/mol. The van der Waals surface area contributed by atoms with Gasteiger partial charge in [-0.15, -0.1) is 0 Å². The van der Waals surface area contributed by atoms with Crippen molar-refractivity contribution in [1.29, 1.82) is 0 Å². The number of aromatic nitrogens is 1. The van der Waals surface area contributed by atoms with E-state index in [0.29, 0.717) is 5.75 Å². The van der Waals surface area contributed by atoms with Crippen LogP contribution >= 0.6 is 0 Å². The molecule has 0 amide bonds. The molecule has 0 N–H and O–H groups in total. The van der Waals surface area contributed by atoms with Crippen molar-refractivity contribution in [3.05, 3.63) is 71.9 Å². The zero-order chi connectivity index (χ0) is 18.7. The van der Waals surface area contributed by atoms with E-state index in [2.05, 4.69) is 20.8 Å². The third kappa shape index (κ3) is 3.85. The van der Waals surface area contributed by atoms with Gasteiger partial charge in [-0.1, -0.05) is 57.2 Å². The summed E-state index contributed by atoms with van der Waals surface area (Å²) in [6.07, 6.45) is -0.805. The number of methoxy groups -OCH3 is 1. The topological polar surface area (TPSA) is 48.4 Å². The number of carbonyl (C=O) groups excluding carboxylic acids is 1. The maximum Gasteiger partial charge on any atom is 0.351 e. The number of hydrogen-bond acceptors (Lipinski definition) is 4. The summed E-state index contributed by atoms with van der Waals surface area (Å²) in [5.74, 6) is 0.166. The van der Waals surface area contributed by atoms with Gasteiger partial charge in [-0.05, 0) is 24.3 Å². The second-order valence-corrected chi connectivity index (χ2v) is 7.23. The number of pyridine rings is 1. The lowest BCUT2D eigenvalue weighted by molar-refractivity contribution is -0.149. The van der Waals surface area contributed by atoms with E-state index in [4.69, 9.17) is 14.5 Å². The van der Waals surface area contributed by atoms with Crippen LogP contribution < -0.4 is 4.74 Å². The Kier molecular flexibility index (Phi) is 4.94. The summed E-state index contributed by atoms with van der Waals surface area (Å²) in [5.41, 5.74) is 2.68. The summed E-state index contributed by atoms with van der Waals surface area (Å²) in [6.45, 7) is 6.42. The average molecular weight is 349 g/mol. The molecule has 0 spiro atoms. The van der Waals surface area contributed by atoms with Crippen LogP contribution in [0.1, 0.15) is 38.1 Å². The van der Waals surface area contributed by atoms with Crippen LogP contribution in [0.15, 0.2) is 60.7 Å². The number of esters is 1. The molecule has 1 atom stereocenters. The van der Waals surface area contributed by atoms with Crippen molar-refractivity contribution in [1.82, 2.24) is 4.98 Å². The predicted octanol–water partition coefficient (Wildman–Crippen LogP) is 4.83. The van der Waals surface area contributed by atoms with Gasteiger partial charge >= 0.3 is 5.97 Å². The maximum atomic E-state index is 12.2. The van der Waals surface area contributed by atoms with E-state index >= 15 is 0 Å². The van der Waals surface area contributed by atoms with Gasteiger partial charge in [0.1, 0.15) is 5.75 Å². The van der Waals surface area contributed by atoms with Gasteiger partial charge < -0.3 is 9.47 Å². The molecule has 0 radical (unpaired) electrons. The largest absolute Gasteiger partial charge is 0.474 e. The minimum atomic E-state index is -0.805. The Morgan fingerprint density at radius 1 is 1.00 bits per heavy atom. The second-order valence-electron chi connectivity index (χ2n) is 7.23. The van der Waals surface area contributed by atoms with Crippen LogP contribution in [0, 0.1) is 0 Å². The van der Waals surface area contributed by atoms with Gasteiger partial charge in [0.15, 0.2) is 0 Å². The van der Waals surface area contributed by atoms with Crippen LogP contribution in [-0.2, 0) is 14.9 Å². The number of hydrogen-bond donors (Lipinski definition) is 0. The van der Waals surface area contributed by atoms with Crippen molar-refractivity contribution in [2.24, 2.45) is 0 Å². The van der Waals surface area contributed by atoms with Crippen LogP contribution in [0.3, 0.4) is 0 Å². The van der Waals surface area contributed by atoms with Crippen LogP contribution in [0.4, 0.5) is 0 Å². The van der Waals surface area contributed by atoms with Crippen molar-refractivity contribution >= 4 is 16.9 Å². The molecule has 0 fully saturated rings. The molecule has 3 aromatic rings. The van der Waals surface area contributed by atoms with Crippen molar-refractivity contribution in [2.45, 2.75) is 32.3 Å². The molecular formula is C22H23NO3. The number of fused-ring (bicyclic) bond motifs is 1. The Balaban J connectivity index is 1.93. The zero-order valence-electron chi connectivity index (χ0n) is 15.5. The fraction of sp³-hybridized carbons (Fsp3) is 0.273. The summed E-state index contributed by atoms with van der Waals surface area (Å²) in [7, 11) is 1.36. The number of nitrogens with zero attached hydrogens (tertiary/aromatic N) is 1. The highest BCUT2D eigenvalue weighted by atomic mass is 16.6. The molecule has 4 heteroatoms. The van der Waals surface area contributed by atoms with Gasteiger partial charge in [-0.2, -0.15) is 0 Å². The summed E-state index contributed by atoms with van der Waals surface area (Å²) in [4.78, 5) is 16.9. The first-order valence-electron chi connectivity index (χ1n) is 8.59. The van der Waals surface area contributed by atoms with E-state index in [9.17, 15) is 4.79 Å². The van der Waals surface area contributed by atoms with Crippen molar-refractivity contribution in [3.63, 3.8) is 0 Å². The maximum absolute atomic E-state index is 12.2. The average Bonchev–Trinajstić information content (AvgIpc) is 2.65. The summed E-state index contributed by atoms with van der Waals surface area (Å²) in [6, 6.07) is 19.0. The normalized spacial score (nSPS) is 12.6. The van der Waals surface area contributed by atoms with E-state index in [1.807, 2.05) is 60.7 Å². The monoisotopic (exact) mass is 349 g/mol. The molecule has 2 aromatic carbocycles. The predicted molar refractivity (Wildman–Crippen MR) is 102 cm³/mol. The molecule has 0 saturated heterocycles. The number of benzene rings is 2. The second kappa shape index (κ2) is 7.16. The van der Waals surface area contributed by atoms with Gasteiger partial charge in [0, 0.05) is 22.1 Å². The molecule has 4 nitrogen and oxygen atoms in total. The molecule has 0 saturated carbocycles. The molecule has 0 bridgehead atoms. The Morgan fingerprint density at radius 2 is 1.73 bits per heavy atom. The first-order valence-corrected chi connectivity index (χ1v) is 8.59. The summed E-state index contributed by atoms with van der Waals surface area (Å²) < 4.78 is 10.9. The quantitative estimate of drug-likeness (QED) is 0.633. The lowest BCUT2D eigenvalue weighted by Crippen LogP contribution is -2.20. The van der Waals surface area contributed by atoms with E-state index in [0.717, 1.165) is 22.2 Å². The third-order valence-corrected chi connectivity index (χ3v) is 4.20. The fourth-order valence-electron chi connectivity index (χ4n) is 2.72. The smallest absolute Gasteiger partial charge is 0.351 e.